The van der Waals surface area contributed by atoms with Gasteiger partial charge in [0, 0.05) is 36.7 Å². The van der Waals surface area contributed by atoms with E-state index in [0.717, 1.165) is 37.1 Å². The van der Waals surface area contributed by atoms with Crippen LogP contribution in [0.3, 0.4) is 0 Å². The summed E-state index contributed by atoms with van der Waals surface area (Å²) in [5.74, 6) is 0.403. The van der Waals surface area contributed by atoms with Crippen molar-refractivity contribution in [1.29, 1.82) is 0 Å². The molecule has 1 heterocycles. The fourth-order valence-electron chi connectivity index (χ4n) is 3.12. The molecule has 1 aromatic carbocycles. The second kappa shape index (κ2) is 11.0. The molecule has 1 unspecified atom stereocenters. The van der Waals surface area contributed by atoms with Gasteiger partial charge in [-0.15, -0.1) is 0 Å². The molecule has 0 aromatic heterocycles. The van der Waals surface area contributed by atoms with Crippen molar-refractivity contribution in [2.45, 2.75) is 44.8 Å². The van der Waals surface area contributed by atoms with E-state index in [-0.39, 0.29) is 24.2 Å². The Morgan fingerprint density at radius 1 is 1.30 bits per heavy atom. The van der Waals surface area contributed by atoms with E-state index in [2.05, 4.69) is 5.32 Å². The summed E-state index contributed by atoms with van der Waals surface area (Å²) in [6.45, 7) is 3.22. The van der Waals surface area contributed by atoms with E-state index in [1.807, 2.05) is 36.1 Å². The molecule has 0 radical (unpaired) electrons. The summed E-state index contributed by atoms with van der Waals surface area (Å²) < 4.78 is 0. The molecule has 2 rings (SSSR count). The summed E-state index contributed by atoms with van der Waals surface area (Å²) in [5, 5.41) is 11.6. The number of rotatable bonds is 9. The number of likely N-dealkylation sites (tertiary alicyclic amines) is 1. The van der Waals surface area contributed by atoms with Gasteiger partial charge in [-0.3, -0.25) is 14.4 Å². The maximum atomic E-state index is 12.6. The van der Waals surface area contributed by atoms with Crippen LogP contribution in [0.1, 0.15) is 44.6 Å². The number of nitrogens with zero attached hydrogens (tertiary/aromatic N) is 1. The van der Waals surface area contributed by atoms with Crippen LogP contribution in [0.2, 0.25) is 0 Å². The number of carboxylic acids is 1. The number of piperidine rings is 1. The Morgan fingerprint density at radius 3 is 2.85 bits per heavy atom. The van der Waals surface area contributed by atoms with Crippen LogP contribution in [-0.2, 0) is 20.1 Å². The number of hydrogen-bond donors (Lipinski definition) is 2. The van der Waals surface area contributed by atoms with E-state index >= 15 is 0 Å². The second-order valence-electron chi connectivity index (χ2n) is 6.81. The van der Waals surface area contributed by atoms with E-state index in [4.69, 9.17) is 5.11 Å². The second-order valence-corrected chi connectivity index (χ2v) is 7.92. The van der Waals surface area contributed by atoms with Crippen molar-refractivity contribution >= 4 is 35.2 Å². The Morgan fingerprint density at radius 2 is 2.11 bits per heavy atom. The van der Waals surface area contributed by atoms with E-state index in [9.17, 15) is 14.4 Å². The first-order valence-electron chi connectivity index (χ1n) is 9.46. The minimum Gasteiger partial charge on any atom is -0.481 e. The van der Waals surface area contributed by atoms with Crippen molar-refractivity contribution in [3.05, 3.63) is 29.8 Å². The van der Waals surface area contributed by atoms with Crippen molar-refractivity contribution in [2.75, 3.05) is 24.2 Å². The van der Waals surface area contributed by atoms with Crippen molar-refractivity contribution < 1.29 is 19.5 Å². The van der Waals surface area contributed by atoms with Crippen molar-refractivity contribution in [2.24, 2.45) is 5.92 Å². The number of hydrogen-bond acceptors (Lipinski definition) is 4. The molecule has 6 nitrogen and oxygen atoms in total. The van der Waals surface area contributed by atoms with Gasteiger partial charge >= 0.3 is 5.97 Å². The molecule has 1 saturated heterocycles. The molecule has 0 saturated carbocycles. The van der Waals surface area contributed by atoms with Crippen molar-refractivity contribution in [3.63, 3.8) is 0 Å². The van der Waals surface area contributed by atoms with Gasteiger partial charge in [-0.25, -0.2) is 0 Å². The Labute approximate surface area is 164 Å². The molecule has 148 valence electrons. The number of anilines is 1. The Balaban J connectivity index is 1.86. The smallest absolute Gasteiger partial charge is 0.304 e. The van der Waals surface area contributed by atoms with Crippen molar-refractivity contribution in [3.8, 4) is 0 Å². The zero-order valence-electron chi connectivity index (χ0n) is 15.8. The maximum Gasteiger partial charge on any atom is 0.304 e. The van der Waals surface area contributed by atoms with Crippen LogP contribution in [0, 0.1) is 5.92 Å². The lowest BCUT2D eigenvalue weighted by Crippen LogP contribution is -2.43. The fourth-order valence-corrected chi connectivity index (χ4v) is 4.00. The third kappa shape index (κ3) is 7.25. The number of amides is 2. The summed E-state index contributed by atoms with van der Waals surface area (Å²) in [5.41, 5.74) is 1.79. The van der Waals surface area contributed by atoms with E-state index in [0.29, 0.717) is 24.5 Å². The number of carbonyl (C=O) groups is 3. The predicted molar refractivity (Wildman–Crippen MR) is 108 cm³/mol. The van der Waals surface area contributed by atoms with Gasteiger partial charge in [0.05, 0.1) is 12.3 Å². The number of nitrogens with one attached hydrogen (secondary N) is 1. The van der Waals surface area contributed by atoms with Gasteiger partial charge in [0.1, 0.15) is 0 Å². The minimum atomic E-state index is -0.789. The molecular formula is C20H28N2O4S. The zero-order valence-corrected chi connectivity index (χ0v) is 16.6. The molecule has 0 bridgehead atoms. The highest BCUT2D eigenvalue weighted by molar-refractivity contribution is 7.98. The van der Waals surface area contributed by atoms with Crippen LogP contribution in [-0.4, -0.2) is 46.6 Å². The fraction of sp³-hybridized carbons (Fsp3) is 0.550. The van der Waals surface area contributed by atoms with E-state index in [1.54, 1.807) is 11.8 Å². The van der Waals surface area contributed by atoms with Gasteiger partial charge < -0.3 is 15.3 Å². The van der Waals surface area contributed by atoms with Crippen LogP contribution in [0.25, 0.3) is 0 Å². The maximum absolute atomic E-state index is 12.6. The Bertz CT molecular complexity index is 665. The van der Waals surface area contributed by atoms with Gasteiger partial charge in [-0.1, -0.05) is 19.1 Å². The molecule has 2 amide bonds. The lowest BCUT2D eigenvalue weighted by molar-refractivity contribution is -0.137. The van der Waals surface area contributed by atoms with Crippen LogP contribution in [0.5, 0.6) is 0 Å². The van der Waals surface area contributed by atoms with Gasteiger partial charge in [-0.2, -0.15) is 11.8 Å². The average Bonchev–Trinajstić information content (AvgIpc) is 2.66. The van der Waals surface area contributed by atoms with Gasteiger partial charge in [0.2, 0.25) is 11.8 Å². The zero-order chi connectivity index (χ0) is 19.6. The predicted octanol–water partition coefficient (Wildman–Crippen LogP) is 3.37. The van der Waals surface area contributed by atoms with Crippen LogP contribution in [0.4, 0.5) is 5.69 Å². The van der Waals surface area contributed by atoms with Crippen LogP contribution in [0.15, 0.2) is 24.3 Å². The number of benzene rings is 1. The van der Waals surface area contributed by atoms with Gasteiger partial charge in [0.15, 0.2) is 0 Å². The lowest BCUT2D eigenvalue weighted by Gasteiger charge is -2.32. The van der Waals surface area contributed by atoms with Crippen LogP contribution < -0.4 is 5.32 Å². The molecule has 1 atom stereocenters. The molecule has 1 aliphatic rings. The minimum absolute atomic E-state index is 0.0420. The summed E-state index contributed by atoms with van der Waals surface area (Å²) >= 11 is 1.56. The van der Waals surface area contributed by atoms with Gasteiger partial charge in [0.25, 0.3) is 0 Å². The van der Waals surface area contributed by atoms with Crippen LogP contribution >= 0.6 is 11.8 Å². The third-order valence-electron chi connectivity index (χ3n) is 4.53. The molecule has 27 heavy (non-hydrogen) atoms. The highest BCUT2D eigenvalue weighted by atomic mass is 32.2. The molecule has 2 N–H and O–H groups in total. The van der Waals surface area contributed by atoms with Gasteiger partial charge in [-0.05, 0) is 37.0 Å². The first kappa shape index (κ1) is 21.3. The standard InChI is InChI=1S/C20H28N2O4S/c1-2-5-18(23)22-10-4-7-16(13-22)20(26)21-17-8-3-6-15(12-17)14-27-11-9-19(24)25/h3,6,8,12,16H,2,4-5,7,9-11,13-14H2,1H3,(H,21,26)(H,24,25). The lowest BCUT2D eigenvalue weighted by atomic mass is 9.96. The molecule has 1 aromatic rings. The molecule has 7 heteroatoms. The largest absolute Gasteiger partial charge is 0.481 e. The number of carbonyl (C=O) groups excluding carboxylic acids is 2. The molecular weight excluding hydrogens is 364 g/mol. The topological polar surface area (TPSA) is 86.7 Å². The summed E-state index contributed by atoms with van der Waals surface area (Å²) in [4.78, 5) is 37.1. The van der Waals surface area contributed by atoms with Crippen molar-refractivity contribution in [1.82, 2.24) is 4.90 Å². The quantitative estimate of drug-likeness (QED) is 0.629. The molecule has 1 fully saturated rings. The summed E-state index contributed by atoms with van der Waals surface area (Å²) in [6, 6.07) is 7.64. The first-order valence-corrected chi connectivity index (χ1v) is 10.6. The molecule has 1 aliphatic heterocycles. The first-order chi connectivity index (χ1) is 13.0. The highest BCUT2D eigenvalue weighted by Crippen LogP contribution is 2.21. The average molecular weight is 393 g/mol. The molecule has 0 spiro atoms. The molecule has 0 aliphatic carbocycles. The number of thioether (sulfide) groups is 1. The normalized spacial score (nSPS) is 16.8. The monoisotopic (exact) mass is 392 g/mol. The third-order valence-corrected chi connectivity index (χ3v) is 5.56. The highest BCUT2D eigenvalue weighted by Gasteiger charge is 2.28. The summed E-state index contributed by atoms with van der Waals surface area (Å²) in [7, 11) is 0. The number of carboxylic acid groups (broad SMARTS) is 1. The van der Waals surface area contributed by atoms with E-state index in [1.165, 1.54) is 0 Å². The summed E-state index contributed by atoms with van der Waals surface area (Å²) in [6.07, 6.45) is 3.16. The van der Waals surface area contributed by atoms with E-state index < -0.39 is 5.97 Å². The number of aliphatic carboxylic acids is 1. The SMILES string of the molecule is CCCC(=O)N1CCCC(C(=O)Nc2cccc(CSCCC(=O)O)c2)C1. The Kier molecular flexibility index (Phi) is 8.64. The Hall–Kier alpha value is -2.02.